The topological polar surface area (TPSA) is 56.8 Å². The summed E-state index contributed by atoms with van der Waals surface area (Å²) in [6.07, 6.45) is 12.1. The molecule has 2 N–H and O–H groups in total. The van der Waals surface area contributed by atoms with Crippen LogP contribution < -0.4 is 5.32 Å². The van der Waals surface area contributed by atoms with Gasteiger partial charge < -0.3 is 10.3 Å². The van der Waals surface area contributed by atoms with Crippen LogP contribution in [0.15, 0.2) is 35.6 Å². The van der Waals surface area contributed by atoms with Gasteiger partial charge in [0.2, 0.25) is 0 Å². The second kappa shape index (κ2) is 8.13. The van der Waals surface area contributed by atoms with Crippen LogP contribution in [0.25, 0.3) is 22.7 Å². The van der Waals surface area contributed by atoms with Crippen molar-refractivity contribution in [2.24, 2.45) is 0 Å². The predicted octanol–water partition coefficient (Wildman–Crippen LogP) is 5.31. The van der Waals surface area contributed by atoms with E-state index in [1.807, 2.05) is 11.7 Å². The summed E-state index contributed by atoms with van der Waals surface area (Å²) in [5, 5.41) is 4.81. The second-order valence-electron chi connectivity index (χ2n) is 7.90. The molecule has 0 aromatic carbocycles. The van der Waals surface area contributed by atoms with Gasteiger partial charge in [-0.25, -0.2) is 9.97 Å². The number of nitrogens with one attached hydrogen (secondary N) is 2. The van der Waals surface area contributed by atoms with Crippen LogP contribution >= 0.6 is 11.3 Å². The Morgan fingerprint density at radius 2 is 2.21 bits per heavy atom. The van der Waals surface area contributed by atoms with Crippen LogP contribution in [-0.4, -0.2) is 39.5 Å². The molecule has 6 heteroatoms. The van der Waals surface area contributed by atoms with Gasteiger partial charge in [0, 0.05) is 36.1 Å². The molecule has 5 rings (SSSR count). The number of thiazole rings is 1. The summed E-state index contributed by atoms with van der Waals surface area (Å²) in [5.74, 6) is 0. The molecule has 3 aromatic rings. The van der Waals surface area contributed by atoms with Gasteiger partial charge in [-0.05, 0) is 56.0 Å². The van der Waals surface area contributed by atoms with Gasteiger partial charge in [-0.3, -0.25) is 4.90 Å². The zero-order valence-corrected chi connectivity index (χ0v) is 17.7. The van der Waals surface area contributed by atoms with Gasteiger partial charge in [0.05, 0.1) is 21.8 Å². The van der Waals surface area contributed by atoms with Crippen molar-refractivity contribution in [2.45, 2.75) is 39.0 Å². The normalized spacial score (nSPS) is 17.1. The van der Waals surface area contributed by atoms with Crippen molar-refractivity contribution < 1.29 is 0 Å². The third-order valence-corrected chi connectivity index (χ3v) is 6.72. The van der Waals surface area contributed by atoms with E-state index in [4.69, 9.17) is 0 Å². The maximum Gasteiger partial charge on any atom is 0.139 e. The van der Waals surface area contributed by atoms with E-state index in [1.165, 1.54) is 46.9 Å². The molecule has 0 fully saturated rings. The Bertz CT molecular complexity index is 1070. The first-order chi connectivity index (χ1) is 14.3. The van der Waals surface area contributed by atoms with Crippen LogP contribution in [0.4, 0.5) is 5.69 Å². The molecule has 0 saturated heterocycles. The molecule has 5 nitrogen and oxygen atoms in total. The third kappa shape index (κ3) is 3.87. The van der Waals surface area contributed by atoms with Crippen LogP contribution in [-0.2, 0) is 6.42 Å². The first kappa shape index (κ1) is 18.6. The first-order valence-electron chi connectivity index (χ1n) is 10.6. The second-order valence-corrected chi connectivity index (χ2v) is 8.78. The van der Waals surface area contributed by atoms with Crippen molar-refractivity contribution >= 4 is 39.7 Å². The number of rotatable bonds is 6. The number of allylic oxidation sites excluding steroid dienone is 1. The molecule has 0 bridgehead atoms. The fraction of sp³-hybridized carbons (Fsp3) is 0.391. The number of hydrogen-bond acceptors (Lipinski definition) is 5. The highest BCUT2D eigenvalue weighted by molar-refractivity contribution is 7.10. The molecule has 0 radical (unpaired) electrons. The highest BCUT2D eigenvalue weighted by atomic mass is 32.1. The molecule has 3 aromatic heterocycles. The molecule has 0 unspecified atom stereocenters. The summed E-state index contributed by atoms with van der Waals surface area (Å²) in [5.41, 5.74) is 9.11. The van der Waals surface area contributed by atoms with Crippen molar-refractivity contribution in [3.05, 3.63) is 51.9 Å². The lowest BCUT2D eigenvalue weighted by molar-refractivity contribution is 0.297. The van der Waals surface area contributed by atoms with E-state index >= 15 is 0 Å². The SMILES string of the molecule is CCCCN1CC=C(c2cc3c(NC4=Cc5scnc5CC4)ccnc3[nH]2)CC1. The number of hydrogen-bond donors (Lipinski definition) is 2. The minimum atomic E-state index is 0.953. The fourth-order valence-electron chi connectivity index (χ4n) is 4.19. The third-order valence-electron chi connectivity index (χ3n) is 5.90. The molecular weight excluding hydrogens is 378 g/mol. The Morgan fingerprint density at radius 1 is 1.24 bits per heavy atom. The number of pyridine rings is 1. The molecule has 1 aliphatic heterocycles. The summed E-state index contributed by atoms with van der Waals surface area (Å²) in [6, 6.07) is 4.34. The van der Waals surface area contributed by atoms with Crippen molar-refractivity contribution in [3.63, 3.8) is 0 Å². The predicted molar refractivity (Wildman–Crippen MR) is 122 cm³/mol. The molecule has 0 atom stereocenters. The number of fused-ring (bicyclic) bond motifs is 2. The van der Waals surface area contributed by atoms with Crippen LogP contribution in [0, 0.1) is 0 Å². The Morgan fingerprint density at radius 3 is 3.07 bits per heavy atom. The van der Waals surface area contributed by atoms with E-state index in [2.05, 4.69) is 56.4 Å². The average molecular weight is 406 g/mol. The Kier molecular flexibility index (Phi) is 5.21. The Hall–Kier alpha value is -2.44. The van der Waals surface area contributed by atoms with Crippen LogP contribution in [0.3, 0.4) is 0 Å². The Labute approximate surface area is 175 Å². The molecule has 0 amide bonds. The van der Waals surface area contributed by atoms with Gasteiger partial charge in [0.25, 0.3) is 0 Å². The molecule has 150 valence electrons. The van der Waals surface area contributed by atoms with E-state index in [9.17, 15) is 0 Å². The zero-order chi connectivity index (χ0) is 19.6. The highest BCUT2D eigenvalue weighted by Crippen LogP contribution is 2.32. The Balaban J connectivity index is 1.37. The molecule has 2 aliphatic rings. The van der Waals surface area contributed by atoms with Gasteiger partial charge in [-0.1, -0.05) is 19.4 Å². The van der Waals surface area contributed by atoms with E-state index in [1.54, 1.807) is 11.3 Å². The summed E-state index contributed by atoms with van der Waals surface area (Å²) in [6.45, 7) is 5.66. The lowest BCUT2D eigenvalue weighted by atomic mass is 10.0. The number of unbranched alkanes of at least 4 members (excludes halogenated alkanes) is 1. The van der Waals surface area contributed by atoms with Gasteiger partial charge in [-0.15, -0.1) is 11.3 Å². The number of aromatic amines is 1. The maximum absolute atomic E-state index is 4.57. The van der Waals surface area contributed by atoms with E-state index in [0.717, 1.165) is 49.1 Å². The first-order valence-corrected chi connectivity index (χ1v) is 11.5. The quantitative estimate of drug-likeness (QED) is 0.584. The smallest absolute Gasteiger partial charge is 0.139 e. The average Bonchev–Trinajstić information content (AvgIpc) is 3.40. The fourth-order valence-corrected chi connectivity index (χ4v) is 4.98. The zero-order valence-electron chi connectivity index (χ0n) is 16.9. The van der Waals surface area contributed by atoms with E-state index < -0.39 is 0 Å². The molecule has 29 heavy (non-hydrogen) atoms. The van der Waals surface area contributed by atoms with Crippen molar-refractivity contribution in [2.75, 3.05) is 25.0 Å². The molecule has 0 spiro atoms. The molecule has 1 aliphatic carbocycles. The van der Waals surface area contributed by atoms with E-state index in [0.29, 0.717) is 0 Å². The minimum absolute atomic E-state index is 0.953. The largest absolute Gasteiger partial charge is 0.358 e. The summed E-state index contributed by atoms with van der Waals surface area (Å²) in [7, 11) is 0. The molecular formula is C23H27N5S. The van der Waals surface area contributed by atoms with Crippen molar-refractivity contribution in [3.8, 4) is 0 Å². The number of H-pyrrole nitrogens is 1. The number of anilines is 1. The van der Waals surface area contributed by atoms with Crippen molar-refractivity contribution in [1.29, 1.82) is 0 Å². The van der Waals surface area contributed by atoms with Gasteiger partial charge >= 0.3 is 0 Å². The van der Waals surface area contributed by atoms with Crippen LogP contribution in [0.2, 0.25) is 0 Å². The highest BCUT2D eigenvalue weighted by Gasteiger charge is 2.17. The van der Waals surface area contributed by atoms with Crippen molar-refractivity contribution in [1.82, 2.24) is 19.9 Å². The number of aromatic nitrogens is 3. The van der Waals surface area contributed by atoms with Crippen LogP contribution in [0.1, 0.15) is 48.9 Å². The minimum Gasteiger partial charge on any atom is -0.358 e. The van der Waals surface area contributed by atoms with Gasteiger partial charge in [-0.2, -0.15) is 0 Å². The van der Waals surface area contributed by atoms with Gasteiger partial charge in [0.15, 0.2) is 0 Å². The monoisotopic (exact) mass is 405 g/mol. The maximum atomic E-state index is 4.57. The lowest BCUT2D eigenvalue weighted by Gasteiger charge is -2.25. The summed E-state index contributed by atoms with van der Waals surface area (Å²) >= 11 is 1.71. The van der Waals surface area contributed by atoms with E-state index in [-0.39, 0.29) is 0 Å². The van der Waals surface area contributed by atoms with Gasteiger partial charge in [0.1, 0.15) is 5.65 Å². The summed E-state index contributed by atoms with van der Waals surface area (Å²) < 4.78 is 0. The summed E-state index contributed by atoms with van der Waals surface area (Å²) in [4.78, 5) is 16.4. The molecule has 4 heterocycles. The van der Waals surface area contributed by atoms with Crippen LogP contribution in [0.5, 0.6) is 0 Å². The lowest BCUT2D eigenvalue weighted by Crippen LogP contribution is -2.29. The number of aryl methyl sites for hydroxylation is 1. The standard InChI is InChI=1S/C23H27N5S/c1-2-3-10-28-11-7-16(8-12-28)21-14-18-19(6-9-24-23(18)27-21)26-17-4-5-20-22(13-17)29-15-25-20/h6-7,9,13-15H,2-5,8,10-12H2,1H3,(H2,24,26,27). The molecule has 0 saturated carbocycles. The number of nitrogens with zero attached hydrogens (tertiary/aromatic N) is 3.